The number of anilines is 2. The number of alkyl halides is 1. The van der Waals surface area contributed by atoms with Crippen molar-refractivity contribution in [2.24, 2.45) is 7.05 Å². The summed E-state index contributed by atoms with van der Waals surface area (Å²) in [6.45, 7) is 1.01. The first-order valence-corrected chi connectivity index (χ1v) is 11.0. The number of benzene rings is 2. The largest absolute Gasteiger partial charge is 0.372 e. The molecule has 33 heavy (non-hydrogen) atoms. The lowest BCUT2D eigenvalue weighted by Crippen LogP contribution is -2.37. The molecular formula is C25H24FN7. The molecule has 0 saturated carbocycles. The highest BCUT2D eigenvalue weighted by Gasteiger charge is 2.25. The van der Waals surface area contributed by atoms with Gasteiger partial charge >= 0.3 is 0 Å². The number of piperidine rings is 1. The highest BCUT2D eigenvalue weighted by molar-refractivity contribution is 5.93. The predicted molar refractivity (Wildman–Crippen MR) is 128 cm³/mol. The van der Waals surface area contributed by atoms with Crippen LogP contribution in [0.5, 0.6) is 0 Å². The Balaban J connectivity index is 1.72. The van der Waals surface area contributed by atoms with Crippen LogP contribution in [-0.2, 0) is 7.05 Å². The first-order chi connectivity index (χ1) is 16.1. The van der Waals surface area contributed by atoms with Crippen LogP contribution in [0.2, 0.25) is 0 Å². The van der Waals surface area contributed by atoms with E-state index in [0.717, 1.165) is 46.3 Å². The number of nitriles is 1. The van der Waals surface area contributed by atoms with E-state index in [0.29, 0.717) is 23.8 Å². The Morgan fingerprint density at radius 2 is 1.91 bits per heavy atom. The summed E-state index contributed by atoms with van der Waals surface area (Å²) in [5.41, 5.74) is 4.89. The van der Waals surface area contributed by atoms with Crippen molar-refractivity contribution in [3.8, 4) is 28.5 Å². The lowest BCUT2D eigenvalue weighted by molar-refractivity contribution is 0.285. The zero-order chi connectivity index (χ0) is 22.9. The Hall–Kier alpha value is -3.99. The van der Waals surface area contributed by atoms with Gasteiger partial charge in [-0.15, -0.1) is 0 Å². The molecule has 2 aromatic carbocycles. The molecule has 4 aromatic rings. The number of hydrogen-bond acceptors (Lipinski definition) is 6. The maximum atomic E-state index is 14.2. The van der Waals surface area contributed by atoms with E-state index in [-0.39, 0.29) is 6.54 Å². The number of halogens is 1. The SMILES string of the molecule is CNc1nc(N2CCC[C@H](F)C2)nc(-c2ccc(C#N)cc2)c1-c1ccc2nn(C)cc2c1. The Morgan fingerprint density at radius 3 is 2.64 bits per heavy atom. The number of hydrogen-bond donors (Lipinski definition) is 1. The van der Waals surface area contributed by atoms with Gasteiger partial charge in [0.05, 0.1) is 35.0 Å². The van der Waals surface area contributed by atoms with Crippen molar-refractivity contribution >= 4 is 22.7 Å². The van der Waals surface area contributed by atoms with Gasteiger partial charge < -0.3 is 10.2 Å². The van der Waals surface area contributed by atoms with Crippen LogP contribution in [0.4, 0.5) is 16.2 Å². The van der Waals surface area contributed by atoms with Crippen molar-refractivity contribution < 1.29 is 4.39 Å². The highest BCUT2D eigenvalue weighted by atomic mass is 19.1. The fourth-order valence-corrected chi connectivity index (χ4v) is 4.37. The quantitative estimate of drug-likeness (QED) is 0.500. The van der Waals surface area contributed by atoms with E-state index in [9.17, 15) is 9.65 Å². The Bertz CT molecular complexity index is 1350. The van der Waals surface area contributed by atoms with Gasteiger partial charge in [0, 0.05) is 37.8 Å². The first kappa shape index (κ1) is 20.9. The highest BCUT2D eigenvalue weighted by Crippen LogP contribution is 2.38. The third-order valence-electron chi connectivity index (χ3n) is 5.98. The fraction of sp³-hybridized carbons (Fsp3) is 0.280. The van der Waals surface area contributed by atoms with Crippen molar-refractivity contribution in [3.05, 3.63) is 54.2 Å². The number of fused-ring (bicyclic) bond motifs is 1. The van der Waals surface area contributed by atoms with Gasteiger partial charge in [-0.2, -0.15) is 15.3 Å². The molecule has 0 amide bonds. The maximum absolute atomic E-state index is 14.2. The van der Waals surface area contributed by atoms with Crippen LogP contribution in [0.15, 0.2) is 48.7 Å². The molecule has 1 atom stereocenters. The second-order valence-corrected chi connectivity index (χ2v) is 8.30. The van der Waals surface area contributed by atoms with Crippen LogP contribution in [0, 0.1) is 11.3 Å². The summed E-state index contributed by atoms with van der Waals surface area (Å²) in [7, 11) is 3.73. The topological polar surface area (TPSA) is 82.7 Å². The van der Waals surface area contributed by atoms with Crippen LogP contribution in [0.25, 0.3) is 33.3 Å². The van der Waals surface area contributed by atoms with Crippen LogP contribution >= 0.6 is 0 Å². The van der Waals surface area contributed by atoms with Gasteiger partial charge in [0.1, 0.15) is 12.0 Å². The van der Waals surface area contributed by atoms with Crippen LogP contribution in [0.3, 0.4) is 0 Å². The minimum Gasteiger partial charge on any atom is -0.372 e. The average molecular weight is 442 g/mol. The van der Waals surface area contributed by atoms with Crippen molar-refractivity contribution in [2.45, 2.75) is 19.0 Å². The third-order valence-corrected chi connectivity index (χ3v) is 5.98. The van der Waals surface area contributed by atoms with E-state index in [4.69, 9.17) is 9.97 Å². The van der Waals surface area contributed by atoms with E-state index in [2.05, 4.69) is 22.6 Å². The summed E-state index contributed by atoms with van der Waals surface area (Å²) >= 11 is 0. The Morgan fingerprint density at radius 1 is 1.12 bits per heavy atom. The molecule has 166 valence electrons. The van der Waals surface area contributed by atoms with Gasteiger partial charge in [-0.1, -0.05) is 18.2 Å². The lowest BCUT2D eigenvalue weighted by Gasteiger charge is -2.30. The summed E-state index contributed by atoms with van der Waals surface area (Å²) in [5, 5.41) is 17.9. The molecular weight excluding hydrogens is 417 g/mol. The monoisotopic (exact) mass is 441 g/mol. The van der Waals surface area contributed by atoms with E-state index in [1.165, 1.54) is 0 Å². The van der Waals surface area contributed by atoms with E-state index >= 15 is 0 Å². The van der Waals surface area contributed by atoms with Gasteiger partial charge in [-0.25, -0.2) is 9.37 Å². The summed E-state index contributed by atoms with van der Waals surface area (Å²) in [6, 6.07) is 15.6. The molecule has 0 bridgehead atoms. The summed E-state index contributed by atoms with van der Waals surface area (Å²) < 4.78 is 15.9. The Labute approximate surface area is 191 Å². The first-order valence-electron chi connectivity index (χ1n) is 11.0. The van der Waals surface area contributed by atoms with E-state index in [1.807, 2.05) is 49.5 Å². The minimum atomic E-state index is -0.883. The molecule has 7 nitrogen and oxygen atoms in total. The number of rotatable bonds is 4. The number of aromatic nitrogens is 4. The molecule has 1 aliphatic heterocycles. The molecule has 1 saturated heterocycles. The zero-order valence-corrected chi connectivity index (χ0v) is 18.6. The number of nitrogens with zero attached hydrogens (tertiary/aromatic N) is 6. The normalized spacial score (nSPS) is 16.1. The maximum Gasteiger partial charge on any atom is 0.228 e. The predicted octanol–water partition coefficient (Wildman–Crippen LogP) is 4.55. The molecule has 0 aliphatic carbocycles. The molecule has 1 fully saturated rings. The minimum absolute atomic E-state index is 0.289. The molecule has 0 radical (unpaired) electrons. The molecule has 1 N–H and O–H groups in total. The summed E-state index contributed by atoms with van der Waals surface area (Å²) in [4.78, 5) is 11.6. The van der Waals surface area contributed by atoms with Gasteiger partial charge in [0.2, 0.25) is 5.95 Å². The lowest BCUT2D eigenvalue weighted by atomic mass is 9.98. The van der Waals surface area contributed by atoms with Gasteiger partial charge in [0.25, 0.3) is 0 Å². The smallest absolute Gasteiger partial charge is 0.228 e. The van der Waals surface area contributed by atoms with Crippen molar-refractivity contribution in [1.29, 1.82) is 5.26 Å². The van der Waals surface area contributed by atoms with Gasteiger partial charge in [-0.3, -0.25) is 4.68 Å². The fourth-order valence-electron chi connectivity index (χ4n) is 4.37. The molecule has 1 aliphatic rings. The molecule has 5 rings (SSSR count). The summed E-state index contributed by atoms with van der Waals surface area (Å²) in [5.74, 6) is 1.18. The molecule has 0 spiro atoms. The van der Waals surface area contributed by atoms with E-state index < -0.39 is 6.17 Å². The average Bonchev–Trinajstić information content (AvgIpc) is 3.22. The number of aryl methyl sites for hydroxylation is 1. The standard InChI is InChI=1S/C25H24FN7/c1-28-24-22(18-9-10-21-19(12-18)14-32(2)31-21)23(17-7-5-16(13-27)6-8-17)29-25(30-24)33-11-3-4-20(26)15-33/h5-10,12,14,20H,3-4,11,15H2,1-2H3,(H,28,29,30)/t20-/m0/s1. The molecule has 3 heterocycles. The van der Waals surface area contributed by atoms with Crippen LogP contribution in [-0.4, -0.2) is 46.1 Å². The zero-order valence-electron chi connectivity index (χ0n) is 18.6. The third kappa shape index (κ3) is 3.98. The molecule has 8 heteroatoms. The Kier molecular flexibility index (Phi) is 5.38. The van der Waals surface area contributed by atoms with Crippen LogP contribution < -0.4 is 10.2 Å². The molecule has 0 unspecified atom stereocenters. The van der Waals surface area contributed by atoms with Crippen molar-refractivity contribution in [3.63, 3.8) is 0 Å². The summed E-state index contributed by atoms with van der Waals surface area (Å²) in [6.07, 6.45) is 2.43. The second kappa shape index (κ2) is 8.51. The van der Waals surface area contributed by atoms with Gasteiger partial charge in [-0.05, 0) is 42.7 Å². The second-order valence-electron chi connectivity index (χ2n) is 8.30. The number of nitrogens with one attached hydrogen (secondary N) is 1. The van der Waals surface area contributed by atoms with E-state index in [1.54, 1.807) is 16.8 Å². The van der Waals surface area contributed by atoms with Crippen LogP contribution in [0.1, 0.15) is 18.4 Å². The molecule has 2 aromatic heterocycles. The van der Waals surface area contributed by atoms with Gasteiger partial charge in [0.15, 0.2) is 0 Å². The van der Waals surface area contributed by atoms with Crippen molar-refractivity contribution in [2.75, 3.05) is 30.4 Å². The van der Waals surface area contributed by atoms with Crippen molar-refractivity contribution in [1.82, 2.24) is 19.7 Å².